The lowest BCUT2D eigenvalue weighted by Crippen LogP contribution is -1.97. The van der Waals surface area contributed by atoms with E-state index in [9.17, 15) is 4.79 Å². The molecule has 2 aromatic carbocycles. The SMILES string of the molecule is O=C(O)c1csc(Cc2ccc(-c3ccccc3)cc2Cl)n1. The van der Waals surface area contributed by atoms with Crippen molar-refractivity contribution in [3.8, 4) is 11.1 Å². The maximum Gasteiger partial charge on any atom is 0.355 e. The molecule has 0 unspecified atom stereocenters. The average molecular weight is 330 g/mol. The summed E-state index contributed by atoms with van der Waals surface area (Å²) in [6.45, 7) is 0. The van der Waals surface area contributed by atoms with E-state index in [1.54, 1.807) is 5.38 Å². The Hall–Kier alpha value is -2.17. The van der Waals surface area contributed by atoms with Crippen LogP contribution in [0.25, 0.3) is 11.1 Å². The van der Waals surface area contributed by atoms with Gasteiger partial charge in [0, 0.05) is 16.8 Å². The van der Waals surface area contributed by atoms with E-state index in [1.807, 2.05) is 48.5 Å². The van der Waals surface area contributed by atoms with Crippen LogP contribution < -0.4 is 0 Å². The number of thiazole rings is 1. The lowest BCUT2D eigenvalue weighted by molar-refractivity contribution is 0.0691. The quantitative estimate of drug-likeness (QED) is 0.751. The Morgan fingerprint density at radius 2 is 1.91 bits per heavy atom. The molecular weight excluding hydrogens is 318 g/mol. The predicted octanol–water partition coefficient (Wildman–Crippen LogP) is 4.75. The lowest BCUT2D eigenvalue weighted by Gasteiger charge is -2.06. The highest BCUT2D eigenvalue weighted by molar-refractivity contribution is 7.09. The number of rotatable bonds is 4. The van der Waals surface area contributed by atoms with Crippen LogP contribution in [0.2, 0.25) is 5.02 Å². The van der Waals surface area contributed by atoms with Gasteiger partial charge in [0.15, 0.2) is 5.69 Å². The summed E-state index contributed by atoms with van der Waals surface area (Å²) in [6.07, 6.45) is 0.534. The second-order valence-corrected chi connectivity index (χ2v) is 6.13. The van der Waals surface area contributed by atoms with E-state index >= 15 is 0 Å². The van der Waals surface area contributed by atoms with Crippen molar-refractivity contribution in [1.82, 2.24) is 4.98 Å². The van der Waals surface area contributed by atoms with Gasteiger partial charge in [0.05, 0.1) is 5.01 Å². The van der Waals surface area contributed by atoms with Gasteiger partial charge in [0.2, 0.25) is 0 Å². The van der Waals surface area contributed by atoms with Gasteiger partial charge < -0.3 is 5.11 Å². The molecule has 3 aromatic rings. The molecule has 3 nitrogen and oxygen atoms in total. The summed E-state index contributed by atoms with van der Waals surface area (Å²) in [5, 5.41) is 11.8. The van der Waals surface area contributed by atoms with Gasteiger partial charge in [-0.15, -0.1) is 11.3 Å². The molecule has 0 aliphatic rings. The number of carbonyl (C=O) groups is 1. The van der Waals surface area contributed by atoms with Crippen LogP contribution in [0.15, 0.2) is 53.9 Å². The molecule has 1 N–H and O–H groups in total. The van der Waals surface area contributed by atoms with Gasteiger partial charge in [-0.25, -0.2) is 9.78 Å². The van der Waals surface area contributed by atoms with Crippen molar-refractivity contribution >= 4 is 28.9 Å². The molecule has 0 bridgehead atoms. The van der Waals surface area contributed by atoms with Gasteiger partial charge in [-0.1, -0.05) is 54.1 Å². The zero-order valence-corrected chi connectivity index (χ0v) is 13.1. The van der Waals surface area contributed by atoms with Gasteiger partial charge in [0.1, 0.15) is 0 Å². The molecule has 0 spiro atoms. The van der Waals surface area contributed by atoms with Crippen LogP contribution in [0.4, 0.5) is 0 Å². The number of aromatic nitrogens is 1. The number of benzene rings is 2. The molecule has 0 atom stereocenters. The van der Waals surface area contributed by atoms with E-state index in [0.29, 0.717) is 11.4 Å². The molecule has 0 amide bonds. The van der Waals surface area contributed by atoms with E-state index < -0.39 is 5.97 Å². The standard InChI is InChI=1S/C17H12ClNO2S/c18-14-8-12(11-4-2-1-3-5-11)6-7-13(14)9-16-19-15(10-22-16)17(20)21/h1-8,10H,9H2,(H,20,21). The minimum Gasteiger partial charge on any atom is -0.476 e. The van der Waals surface area contributed by atoms with Gasteiger partial charge >= 0.3 is 5.97 Å². The Bertz CT molecular complexity index is 815. The van der Waals surface area contributed by atoms with Crippen LogP contribution in [0.3, 0.4) is 0 Å². The van der Waals surface area contributed by atoms with Gasteiger partial charge in [0.25, 0.3) is 0 Å². The number of nitrogens with zero attached hydrogens (tertiary/aromatic N) is 1. The van der Waals surface area contributed by atoms with Crippen molar-refractivity contribution < 1.29 is 9.90 Å². The summed E-state index contributed by atoms with van der Waals surface area (Å²) in [7, 11) is 0. The molecule has 110 valence electrons. The number of hydrogen-bond donors (Lipinski definition) is 1. The number of carboxylic acid groups (broad SMARTS) is 1. The van der Waals surface area contributed by atoms with Crippen LogP contribution >= 0.6 is 22.9 Å². The van der Waals surface area contributed by atoms with E-state index in [0.717, 1.165) is 21.7 Å². The first-order valence-electron chi connectivity index (χ1n) is 6.65. The number of hydrogen-bond acceptors (Lipinski definition) is 3. The van der Waals surface area contributed by atoms with Gasteiger partial charge in [-0.05, 0) is 22.8 Å². The molecule has 22 heavy (non-hydrogen) atoms. The maximum absolute atomic E-state index is 10.9. The lowest BCUT2D eigenvalue weighted by atomic mass is 10.0. The molecule has 0 fully saturated rings. The van der Waals surface area contributed by atoms with Crippen molar-refractivity contribution in [1.29, 1.82) is 0 Å². The number of aromatic carboxylic acids is 1. The normalized spacial score (nSPS) is 10.6. The van der Waals surface area contributed by atoms with Crippen molar-refractivity contribution in [3.05, 3.63) is 75.2 Å². The van der Waals surface area contributed by atoms with Gasteiger partial charge in [-0.2, -0.15) is 0 Å². The van der Waals surface area contributed by atoms with Crippen molar-refractivity contribution in [2.24, 2.45) is 0 Å². The molecule has 0 saturated heterocycles. The molecule has 0 aliphatic carbocycles. The monoisotopic (exact) mass is 329 g/mol. The smallest absolute Gasteiger partial charge is 0.355 e. The molecule has 3 rings (SSSR count). The minimum absolute atomic E-state index is 0.0806. The largest absolute Gasteiger partial charge is 0.476 e. The fraction of sp³-hybridized carbons (Fsp3) is 0.0588. The van der Waals surface area contributed by atoms with Crippen LogP contribution in [-0.2, 0) is 6.42 Å². The van der Waals surface area contributed by atoms with Crippen LogP contribution in [0.5, 0.6) is 0 Å². The fourth-order valence-electron chi connectivity index (χ4n) is 2.15. The molecule has 5 heteroatoms. The minimum atomic E-state index is -1.01. The van der Waals surface area contributed by atoms with Crippen molar-refractivity contribution in [2.75, 3.05) is 0 Å². The zero-order valence-electron chi connectivity index (χ0n) is 11.5. The Morgan fingerprint density at radius 3 is 2.55 bits per heavy atom. The van der Waals surface area contributed by atoms with E-state index in [1.165, 1.54) is 11.3 Å². The number of halogens is 1. The third-order valence-corrected chi connectivity index (χ3v) is 4.47. The number of carboxylic acids is 1. The second-order valence-electron chi connectivity index (χ2n) is 4.78. The highest BCUT2D eigenvalue weighted by Gasteiger charge is 2.11. The molecule has 0 radical (unpaired) electrons. The van der Waals surface area contributed by atoms with Crippen LogP contribution in [0, 0.1) is 0 Å². The molecular formula is C17H12ClNO2S. The third-order valence-electron chi connectivity index (χ3n) is 3.27. The zero-order chi connectivity index (χ0) is 15.5. The maximum atomic E-state index is 10.9. The third kappa shape index (κ3) is 3.18. The Kier molecular flexibility index (Phi) is 4.22. The Morgan fingerprint density at radius 1 is 1.14 bits per heavy atom. The van der Waals surface area contributed by atoms with Gasteiger partial charge in [-0.3, -0.25) is 0 Å². The first-order valence-corrected chi connectivity index (χ1v) is 7.91. The molecule has 1 heterocycles. The Balaban J connectivity index is 1.84. The summed E-state index contributed by atoms with van der Waals surface area (Å²) in [5.74, 6) is -1.01. The summed E-state index contributed by atoms with van der Waals surface area (Å²) < 4.78 is 0. The fourth-order valence-corrected chi connectivity index (χ4v) is 3.19. The second kappa shape index (κ2) is 6.30. The van der Waals surface area contributed by atoms with E-state index in [2.05, 4.69) is 4.98 Å². The average Bonchev–Trinajstić information content (AvgIpc) is 2.99. The van der Waals surface area contributed by atoms with Crippen molar-refractivity contribution in [3.63, 3.8) is 0 Å². The first-order chi connectivity index (χ1) is 10.6. The summed E-state index contributed by atoms with van der Waals surface area (Å²) in [4.78, 5) is 14.9. The molecule has 0 saturated carbocycles. The van der Waals surface area contributed by atoms with Crippen LogP contribution in [0.1, 0.15) is 21.1 Å². The van der Waals surface area contributed by atoms with Crippen molar-refractivity contribution in [2.45, 2.75) is 6.42 Å². The predicted molar refractivity (Wildman–Crippen MR) is 88.8 cm³/mol. The van der Waals surface area contributed by atoms with E-state index in [4.69, 9.17) is 16.7 Å². The van der Waals surface area contributed by atoms with Crippen LogP contribution in [-0.4, -0.2) is 16.1 Å². The first kappa shape index (κ1) is 14.8. The summed E-state index contributed by atoms with van der Waals surface area (Å²) in [5.41, 5.74) is 3.18. The summed E-state index contributed by atoms with van der Waals surface area (Å²) >= 11 is 7.69. The highest BCUT2D eigenvalue weighted by atomic mass is 35.5. The summed E-state index contributed by atoms with van der Waals surface area (Å²) in [6, 6.07) is 15.9. The topological polar surface area (TPSA) is 50.2 Å². The molecule has 0 aliphatic heterocycles. The highest BCUT2D eigenvalue weighted by Crippen LogP contribution is 2.27. The molecule has 1 aromatic heterocycles. The van der Waals surface area contributed by atoms with E-state index in [-0.39, 0.29) is 5.69 Å². The Labute approximate surface area is 136 Å².